The van der Waals surface area contributed by atoms with Crippen molar-refractivity contribution >= 4 is 17.2 Å². The van der Waals surface area contributed by atoms with Crippen LogP contribution in [-0.4, -0.2) is 24.7 Å². The van der Waals surface area contributed by atoms with Crippen LogP contribution in [-0.2, 0) is 0 Å². The minimum atomic E-state index is 0.438. The Kier molecular flexibility index (Phi) is 3.23. The summed E-state index contributed by atoms with van der Waals surface area (Å²) in [7, 11) is 0. The van der Waals surface area contributed by atoms with Gasteiger partial charge in [-0.15, -0.1) is 0 Å². The Morgan fingerprint density at radius 2 is 2.10 bits per heavy atom. The molecular weight excluding hydrogens is 266 g/mol. The van der Waals surface area contributed by atoms with Gasteiger partial charge in [-0.1, -0.05) is 0 Å². The molecule has 0 aliphatic carbocycles. The van der Waals surface area contributed by atoms with Crippen molar-refractivity contribution in [3.05, 3.63) is 48.3 Å². The smallest absolute Gasteiger partial charge is 0.182 e. The topological polar surface area (TPSA) is 94.5 Å². The summed E-state index contributed by atoms with van der Waals surface area (Å²) in [4.78, 5) is 12.5. The molecule has 3 N–H and O–H groups in total. The van der Waals surface area contributed by atoms with E-state index in [-0.39, 0.29) is 0 Å². The maximum atomic E-state index is 6.17. The zero-order valence-corrected chi connectivity index (χ0v) is 11.8. The lowest BCUT2D eigenvalue weighted by Crippen LogP contribution is -2.09. The molecule has 3 rings (SSSR count). The molecule has 3 aromatic heterocycles. The van der Waals surface area contributed by atoms with Gasteiger partial charge >= 0.3 is 0 Å². The summed E-state index contributed by atoms with van der Waals surface area (Å²) in [6.45, 7) is 3.88. The molecule has 0 unspecified atom stereocenters. The van der Waals surface area contributed by atoms with E-state index in [0.29, 0.717) is 17.3 Å². The summed E-state index contributed by atoms with van der Waals surface area (Å²) in [6, 6.07) is 5.69. The van der Waals surface area contributed by atoms with Crippen molar-refractivity contribution in [3.63, 3.8) is 0 Å². The Labute approximate surface area is 121 Å². The first-order chi connectivity index (χ1) is 10.1. The van der Waals surface area contributed by atoms with Crippen molar-refractivity contribution in [2.24, 2.45) is 0 Å². The molecule has 0 aliphatic heterocycles. The van der Waals surface area contributed by atoms with E-state index in [1.54, 1.807) is 17.1 Å². The molecule has 0 spiro atoms. The van der Waals surface area contributed by atoms with Crippen molar-refractivity contribution in [2.75, 3.05) is 11.1 Å². The number of aromatic nitrogens is 5. The van der Waals surface area contributed by atoms with Gasteiger partial charge in [-0.05, 0) is 32.0 Å². The number of nitrogens with one attached hydrogen (secondary N) is 1. The number of nitrogens with two attached hydrogens (primary N) is 1. The zero-order valence-electron chi connectivity index (χ0n) is 11.8. The second kappa shape index (κ2) is 5.20. The highest BCUT2D eigenvalue weighted by Crippen LogP contribution is 2.25. The number of nitrogen functional groups attached to an aromatic ring is 1. The molecule has 7 nitrogen and oxygen atoms in total. The van der Waals surface area contributed by atoms with E-state index in [2.05, 4.69) is 25.4 Å². The molecule has 0 saturated carbocycles. The van der Waals surface area contributed by atoms with E-state index in [1.165, 1.54) is 6.33 Å². The van der Waals surface area contributed by atoms with Gasteiger partial charge in [0.05, 0.1) is 17.6 Å². The molecule has 0 fully saturated rings. The number of pyridine rings is 1. The normalized spacial score (nSPS) is 10.6. The van der Waals surface area contributed by atoms with Gasteiger partial charge in [0.1, 0.15) is 12.0 Å². The second-order valence-corrected chi connectivity index (χ2v) is 4.67. The van der Waals surface area contributed by atoms with Crippen LogP contribution in [0.25, 0.3) is 5.82 Å². The first-order valence-corrected chi connectivity index (χ1v) is 6.46. The Morgan fingerprint density at radius 3 is 2.76 bits per heavy atom. The summed E-state index contributed by atoms with van der Waals surface area (Å²) in [5.74, 6) is 1.09. The average molecular weight is 281 g/mol. The molecule has 0 aliphatic rings. The number of hydrogen-bond acceptors (Lipinski definition) is 6. The van der Waals surface area contributed by atoms with Gasteiger partial charge in [0.25, 0.3) is 0 Å². The molecule has 106 valence electrons. The van der Waals surface area contributed by atoms with Gasteiger partial charge in [-0.3, -0.25) is 4.98 Å². The number of anilines is 3. The third-order valence-corrected chi connectivity index (χ3v) is 3.00. The molecule has 21 heavy (non-hydrogen) atoms. The highest BCUT2D eigenvalue weighted by Gasteiger charge is 2.13. The minimum Gasteiger partial charge on any atom is -0.393 e. The van der Waals surface area contributed by atoms with Crippen LogP contribution in [0.1, 0.15) is 11.4 Å². The summed E-state index contributed by atoms with van der Waals surface area (Å²) in [6.07, 6.45) is 4.86. The van der Waals surface area contributed by atoms with Crippen LogP contribution in [0.5, 0.6) is 0 Å². The molecule has 0 radical (unpaired) electrons. The molecule has 0 saturated heterocycles. The van der Waals surface area contributed by atoms with E-state index in [1.807, 2.05) is 32.0 Å². The zero-order chi connectivity index (χ0) is 14.8. The molecule has 0 atom stereocenters. The van der Waals surface area contributed by atoms with E-state index in [0.717, 1.165) is 17.1 Å². The quantitative estimate of drug-likeness (QED) is 0.762. The van der Waals surface area contributed by atoms with Crippen molar-refractivity contribution in [1.82, 2.24) is 24.7 Å². The summed E-state index contributed by atoms with van der Waals surface area (Å²) >= 11 is 0. The largest absolute Gasteiger partial charge is 0.393 e. The number of aryl methyl sites for hydroxylation is 2. The van der Waals surface area contributed by atoms with Crippen LogP contribution >= 0.6 is 0 Å². The highest BCUT2D eigenvalue weighted by atomic mass is 15.3. The van der Waals surface area contributed by atoms with E-state index in [9.17, 15) is 0 Å². The Balaban J connectivity index is 2.01. The predicted molar refractivity (Wildman–Crippen MR) is 80.6 cm³/mol. The van der Waals surface area contributed by atoms with Crippen LogP contribution in [0.2, 0.25) is 0 Å². The van der Waals surface area contributed by atoms with E-state index < -0.39 is 0 Å². The minimum absolute atomic E-state index is 0.438. The van der Waals surface area contributed by atoms with Crippen molar-refractivity contribution in [1.29, 1.82) is 0 Å². The first-order valence-electron chi connectivity index (χ1n) is 6.46. The van der Waals surface area contributed by atoms with Gasteiger partial charge in [-0.2, -0.15) is 5.10 Å². The third-order valence-electron chi connectivity index (χ3n) is 3.00. The average Bonchev–Trinajstić information content (AvgIpc) is 2.81. The molecule has 3 aromatic rings. The first kappa shape index (κ1) is 13.0. The number of rotatable bonds is 3. The molecule has 0 bridgehead atoms. The Hall–Kier alpha value is -2.96. The van der Waals surface area contributed by atoms with Crippen LogP contribution in [0, 0.1) is 13.8 Å². The SMILES string of the molecule is Cc1cc(C)n(-c2ncnc(Nc3cccnc3)c2N)n1. The van der Waals surface area contributed by atoms with Crippen LogP contribution < -0.4 is 11.1 Å². The van der Waals surface area contributed by atoms with Gasteiger partial charge in [0.15, 0.2) is 11.6 Å². The lowest BCUT2D eigenvalue weighted by atomic mass is 10.3. The van der Waals surface area contributed by atoms with E-state index in [4.69, 9.17) is 5.73 Å². The van der Waals surface area contributed by atoms with Crippen LogP contribution in [0.4, 0.5) is 17.2 Å². The second-order valence-electron chi connectivity index (χ2n) is 4.67. The van der Waals surface area contributed by atoms with Gasteiger partial charge < -0.3 is 11.1 Å². The fraction of sp³-hybridized carbons (Fsp3) is 0.143. The fourth-order valence-electron chi connectivity index (χ4n) is 2.07. The van der Waals surface area contributed by atoms with Gasteiger partial charge in [0.2, 0.25) is 0 Å². The molecule has 7 heteroatoms. The molecular formula is C14H15N7. The molecule has 0 aromatic carbocycles. The highest BCUT2D eigenvalue weighted by molar-refractivity contribution is 5.73. The maximum Gasteiger partial charge on any atom is 0.182 e. The van der Waals surface area contributed by atoms with Gasteiger partial charge in [0, 0.05) is 11.9 Å². The van der Waals surface area contributed by atoms with Crippen molar-refractivity contribution < 1.29 is 0 Å². The Bertz CT molecular complexity index is 764. The molecule has 0 amide bonds. The maximum absolute atomic E-state index is 6.17. The van der Waals surface area contributed by atoms with Crippen molar-refractivity contribution in [2.45, 2.75) is 13.8 Å². The fourth-order valence-corrected chi connectivity index (χ4v) is 2.07. The number of hydrogen-bond donors (Lipinski definition) is 2. The Morgan fingerprint density at radius 1 is 1.24 bits per heavy atom. The molecule has 3 heterocycles. The lowest BCUT2D eigenvalue weighted by molar-refractivity contribution is 0.804. The van der Waals surface area contributed by atoms with Crippen LogP contribution in [0.15, 0.2) is 36.9 Å². The monoisotopic (exact) mass is 281 g/mol. The predicted octanol–water partition coefficient (Wildman–Crippen LogP) is 2.00. The standard InChI is InChI=1S/C14H15N7/c1-9-6-10(2)21(20-9)14-12(15)13(17-8-18-14)19-11-4-3-5-16-7-11/h3-8H,15H2,1-2H3,(H,17,18,19). The van der Waals surface area contributed by atoms with Crippen LogP contribution in [0.3, 0.4) is 0 Å². The summed E-state index contributed by atoms with van der Waals surface area (Å²) in [5.41, 5.74) is 9.29. The lowest BCUT2D eigenvalue weighted by Gasteiger charge is -2.11. The van der Waals surface area contributed by atoms with E-state index >= 15 is 0 Å². The summed E-state index contributed by atoms with van der Waals surface area (Å²) in [5, 5.41) is 7.52. The number of nitrogens with zero attached hydrogens (tertiary/aromatic N) is 5. The van der Waals surface area contributed by atoms with Gasteiger partial charge in [-0.25, -0.2) is 14.6 Å². The van der Waals surface area contributed by atoms with Crippen molar-refractivity contribution in [3.8, 4) is 5.82 Å². The summed E-state index contributed by atoms with van der Waals surface area (Å²) < 4.78 is 1.71. The third kappa shape index (κ3) is 2.53.